The van der Waals surface area contributed by atoms with Crippen LogP contribution < -0.4 is 9.47 Å². The lowest BCUT2D eigenvalue weighted by molar-refractivity contribution is 0.297. The average Bonchev–Trinajstić information content (AvgIpc) is 2.81. The number of sulfonamides is 1. The van der Waals surface area contributed by atoms with E-state index in [2.05, 4.69) is 15.9 Å². The van der Waals surface area contributed by atoms with Crippen LogP contribution in [-0.4, -0.2) is 33.0 Å². The molecular weight excluding hydrogens is 394 g/mol. The molecule has 0 fully saturated rings. The summed E-state index contributed by atoms with van der Waals surface area (Å²) in [4.78, 5) is 0.200. The van der Waals surface area contributed by atoms with Gasteiger partial charge in [0.15, 0.2) is 11.5 Å². The van der Waals surface area contributed by atoms with Gasteiger partial charge >= 0.3 is 0 Å². The van der Waals surface area contributed by atoms with E-state index in [1.165, 1.54) is 10.4 Å². The molecule has 3 rings (SSSR count). The van der Waals surface area contributed by atoms with Gasteiger partial charge in [-0.15, -0.1) is 0 Å². The van der Waals surface area contributed by atoms with Crippen molar-refractivity contribution in [3.63, 3.8) is 0 Å². The summed E-state index contributed by atoms with van der Waals surface area (Å²) < 4.78 is 39.0. The van der Waals surface area contributed by atoms with Crippen molar-refractivity contribution in [3.05, 3.63) is 52.5 Å². The summed E-state index contributed by atoms with van der Waals surface area (Å²) in [5, 5.41) is 0. The van der Waals surface area contributed by atoms with Crippen molar-refractivity contribution in [2.24, 2.45) is 0 Å². The first-order chi connectivity index (χ1) is 11.5. The highest BCUT2D eigenvalue weighted by molar-refractivity contribution is 9.10. The molecule has 0 unspecified atom stereocenters. The van der Waals surface area contributed by atoms with Crippen molar-refractivity contribution >= 4 is 26.0 Å². The molecule has 0 spiro atoms. The fourth-order valence-corrected chi connectivity index (χ4v) is 3.86. The van der Waals surface area contributed by atoms with Crippen molar-refractivity contribution in [3.8, 4) is 11.5 Å². The molecule has 0 saturated carbocycles. The summed E-state index contributed by atoms with van der Waals surface area (Å²) in [5.41, 5.74) is 0.915. The molecular formula is C17H18BrNO4S. The van der Waals surface area contributed by atoms with E-state index in [9.17, 15) is 8.42 Å². The fourth-order valence-electron chi connectivity index (χ4n) is 2.42. The van der Waals surface area contributed by atoms with E-state index in [1.54, 1.807) is 19.2 Å². The molecule has 24 heavy (non-hydrogen) atoms. The van der Waals surface area contributed by atoms with Gasteiger partial charge in [0.05, 0.1) is 18.1 Å². The molecule has 0 radical (unpaired) electrons. The van der Waals surface area contributed by atoms with Crippen LogP contribution in [0, 0.1) is 0 Å². The van der Waals surface area contributed by atoms with Crippen molar-refractivity contribution in [1.29, 1.82) is 0 Å². The third-order valence-corrected chi connectivity index (χ3v) is 6.07. The Hall–Kier alpha value is -1.57. The van der Waals surface area contributed by atoms with Gasteiger partial charge in [-0.05, 0) is 29.8 Å². The molecule has 1 aliphatic rings. The molecule has 1 aliphatic heterocycles. The van der Waals surface area contributed by atoms with Gasteiger partial charge in [0.25, 0.3) is 0 Å². The van der Waals surface area contributed by atoms with E-state index in [-0.39, 0.29) is 4.90 Å². The smallest absolute Gasteiger partial charge is 0.243 e. The van der Waals surface area contributed by atoms with Gasteiger partial charge in [0.1, 0.15) is 0 Å². The highest BCUT2D eigenvalue weighted by Gasteiger charge is 2.23. The predicted octanol–water partition coefficient (Wildman–Crippen LogP) is 3.43. The minimum Gasteiger partial charge on any atom is -0.490 e. The zero-order valence-corrected chi connectivity index (χ0v) is 15.6. The minimum atomic E-state index is -3.61. The molecule has 0 atom stereocenters. The van der Waals surface area contributed by atoms with E-state index in [0.29, 0.717) is 31.3 Å². The van der Waals surface area contributed by atoms with Gasteiger partial charge in [-0.3, -0.25) is 0 Å². The Bertz CT molecular complexity index is 821. The predicted molar refractivity (Wildman–Crippen MR) is 94.8 cm³/mol. The van der Waals surface area contributed by atoms with Crippen LogP contribution >= 0.6 is 15.9 Å². The van der Waals surface area contributed by atoms with Gasteiger partial charge in [0.2, 0.25) is 10.0 Å². The van der Waals surface area contributed by atoms with Crippen LogP contribution in [0.4, 0.5) is 0 Å². The van der Waals surface area contributed by atoms with Gasteiger partial charge in [-0.25, -0.2) is 8.42 Å². The Morgan fingerprint density at radius 3 is 2.42 bits per heavy atom. The van der Waals surface area contributed by atoms with Gasteiger partial charge in [-0.2, -0.15) is 4.31 Å². The van der Waals surface area contributed by atoms with Crippen LogP contribution in [0.15, 0.2) is 51.8 Å². The summed E-state index contributed by atoms with van der Waals surface area (Å²) >= 11 is 3.37. The standard InChI is InChI=1S/C17H18BrNO4S/c1-19(12-13-3-5-14(18)6-4-13)24(20,21)15-7-8-16-17(11-15)23-10-2-9-22-16/h3-8,11H,2,9-10,12H2,1H3. The van der Waals surface area contributed by atoms with E-state index >= 15 is 0 Å². The third-order valence-electron chi connectivity index (χ3n) is 3.75. The number of fused-ring (bicyclic) bond motifs is 1. The maximum absolute atomic E-state index is 12.8. The second-order valence-electron chi connectivity index (χ2n) is 5.55. The van der Waals surface area contributed by atoms with Crippen LogP contribution in [0.25, 0.3) is 0 Å². The number of nitrogens with zero attached hydrogens (tertiary/aromatic N) is 1. The molecule has 2 aromatic rings. The van der Waals surface area contributed by atoms with Crippen LogP contribution in [0.5, 0.6) is 11.5 Å². The minimum absolute atomic E-state index is 0.200. The largest absolute Gasteiger partial charge is 0.490 e. The van der Waals surface area contributed by atoms with Crippen LogP contribution in [-0.2, 0) is 16.6 Å². The first-order valence-corrected chi connectivity index (χ1v) is 9.80. The molecule has 5 nitrogen and oxygen atoms in total. The Balaban J connectivity index is 1.84. The zero-order chi connectivity index (χ0) is 17.2. The SMILES string of the molecule is CN(Cc1ccc(Br)cc1)S(=O)(=O)c1ccc2c(c1)OCCCO2. The molecule has 7 heteroatoms. The number of hydrogen-bond acceptors (Lipinski definition) is 4. The number of benzene rings is 2. The van der Waals surface area contributed by atoms with Crippen LogP contribution in [0.2, 0.25) is 0 Å². The van der Waals surface area contributed by atoms with Crippen LogP contribution in [0.1, 0.15) is 12.0 Å². The molecule has 0 aromatic heterocycles. The monoisotopic (exact) mass is 411 g/mol. The van der Waals surface area contributed by atoms with Crippen molar-refractivity contribution in [2.45, 2.75) is 17.9 Å². The molecule has 2 aromatic carbocycles. The first-order valence-electron chi connectivity index (χ1n) is 7.57. The summed E-state index contributed by atoms with van der Waals surface area (Å²) in [6, 6.07) is 12.3. The summed E-state index contributed by atoms with van der Waals surface area (Å²) in [7, 11) is -2.04. The Morgan fingerprint density at radius 2 is 1.71 bits per heavy atom. The quantitative estimate of drug-likeness (QED) is 0.772. The van der Waals surface area contributed by atoms with Crippen molar-refractivity contribution in [2.75, 3.05) is 20.3 Å². The Kier molecular flexibility index (Phi) is 5.12. The summed E-state index contributed by atoms with van der Waals surface area (Å²) in [5.74, 6) is 1.06. The molecule has 0 N–H and O–H groups in total. The highest BCUT2D eigenvalue weighted by Crippen LogP contribution is 2.32. The molecule has 0 saturated heterocycles. The van der Waals surface area contributed by atoms with Gasteiger partial charge in [-0.1, -0.05) is 28.1 Å². The Morgan fingerprint density at radius 1 is 1.04 bits per heavy atom. The second kappa shape index (κ2) is 7.13. The normalized spacial score (nSPS) is 14.5. The third kappa shape index (κ3) is 3.74. The number of hydrogen-bond donors (Lipinski definition) is 0. The lowest BCUT2D eigenvalue weighted by atomic mass is 10.2. The maximum Gasteiger partial charge on any atom is 0.243 e. The average molecular weight is 412 g/mol. The lowest BCUT2D eigenvalue weighted by Gasteiger charge is -2.18. The van der Waals surface area contributed by atoms with Crippen molar-refractivity contribution in [1.82, 2.24) is 4.31 Å². The summed E-state index contributed by atoms with van der Waals surface area (Å²) in [6.45, 7) is 1.39. The number of rotatable bonds is 4. The van der Waals surface area contributed by atoms with Gasteiger partial charge in [0, 0.05) is 30.6 Å². The fraction of sp³-hybridized carbons (Fsp3) is 0.294. The second-order valence-corrected chi connectivity index (χ2v) is 8.51. The summed E-state index contributed by atoms with van der Waals surface area (Å²) in [6.07, 6.45) is 0.778. The van der Waals surface area contributed by atoms with E-state index in [0.717, 1.165) is 16.5 Å². The maximum atomic E-state index is 12.8. The lowest BCUT2D eigenvalue weighted by Crippen LogP contribution is -2.26. The van der Waals surface area contributed by atoms with Crippen LogP contribution in [0.3, 0.4) is 0 Å². The van der Waals surface area contributed by atoms with Gasteiger partial charge < -0.3 is 9.47 Å². The molecule has 0 amide bonds. The molecule has 1 heterocycles. The number of halogens is 1. The number of ether oxygens (including phenoxy) is 2. The topological polar surface area (TPSA) is 55.8 Å². The highest BCUT2D eigenvalue weighted by atomic mass is 79.9. The molecule has 0 aliphatic carbocycles. The van der Waals surface area contributed by atoms with E-state index < -0.39 is 10.0 Å². The molecule has 128 valence electrons. The van der Waals surface area contributed by atoms with Crippen molar-refractivity contribution < 1.29 is 17.9 Å². The molecule has 0 bridgehead atoms. The Labute approximate surface area is 150 Å². The van der Waals surface area contributed by atoms with E-state index in [1.807, 2.05) is 24.3 Å². The van der Waals surface area contributed by atoms with E-state index in [4.69, 9.17) is 9.47 Å². The first kappa shape index (κ1) is 17.3. The zero-order valence-electron chi connectivity index (χ0n) is 13.2.